The van der Waals surface area contributed by atoms with Gasteiger partial charge in [0.05, 0.1) is 12.3 Å². The van der Waals surface area contributed by atoms with E-state index in [2.05, 4.69) is 0 Å². The lowest BCUT2D eigenvalue weighted by atomic mass is 10.1. The molecule has 1 rings (SSSR count). The molecule has 0 fully saturated rings. The molecule has 0 spiro atoms. The highest BCUT2D eigenvalue weighted by Gasteiger charge is 2.26. The van der Waals surface area contributed by atoms with Crippen LogP contribution in [0.15, 0.2) is 24.3 Å². The van der Waals surface area contributed by atoms with Crippen molar-refractivity contribution < 1.29 is 18.7 Å². The molecule has 0 aliphatic carbocycles. The van der Waals surface area contributed by atoms with Crippen LogP contribution in [0.3, 0.4) is 0 Å². The van der Waals surface area contributed by atoms with E-state index in [0.29, 0.717) is 5.56 Å². The van der Waals surface area contributed by atoms with Crippen molar-refractivity contribution in [3.63, 3.8) is 0 Å². The first-order valence-electron chi connectivity index (χ1n) is 4.96. The molecule has 0 amide bonds. The molecule has 0 aliphatic rings. The molecule has 0 saturated heterocycles. The maximum absolute atomic E-state index is 11.8. The summed E-state index contributed by atoms with van der Waals surface area (Å²) in [7, 11) is -0.541. The summed E-state index contributed by atoms with van der Waals surface area (Å²) < 4.78 is 21.3. The van der Waals surface area contributed by atoms with Crippen LogP contribution >= 0.6 is 7.60 Å². The molecule has 4 nitrogen and oxygen atoms in total. The van der Waals surface area contributed by atoms with Gasteiger partial charge in [-0.05, 0) is 12.5 Å². The van der Waals surface area contributed by atoms with E-state index >= 15 is 0 Å². The Bertz CT molecular complexity index is 366. The summed E-state index contributed by atoms with van der Waals surface area (Å²) in [4.78, 5) is 0. The van der Waals surface area contributed by atoms with Crippen molar-refractivity contribution in [1.29, 1.82) is 0 Å². The van der Waals surface area contributed by atoms with E-state index in [-0.39, 0.29) is 6.16 Å². The maximum atomic E-state index is 11.8. The van der Waals surface area contributed by atoms with Crippen molar-refractivity contribution >= 4 is 7.60 Å². The van der Waals surface area contributed by atoms with Gasteiger partial charge in [0, 0.05) is 14.2 Å². The predicted molar refractivity (Wildman–Crippen MR) is 62.6 cm³/mol. The molecule has 1 N–H and O–H groups in total. The smallest absolute Gasteiger partial charge is 0.333 e. The molecule has 90 valence electrons. The van der Waals surface area contributed by atoms with Crippen molar-refractivity contribution in [2.45, 2.75) is 13.0 Å². The van der Waals surface area contributed by atoms with Gasteiger partial charge in [0.25, 0.3) is 0 Å². The van der Waals surface area contributed by atoms with E-state index in [4.69, 9.17) is 9.05 Å². The minimum absolute atomic E-state index is 0.0386. The van der Waals surface area contributed by atoms with Crippen LogP contribution in [-0.2, 0) is 13.6 Å². The van der Waals surface area contributed by atoms with Gasteiger partial charge in [-0.15, -0.1) is 0 Å². The van der Waals surface area contributed by atoms with E-state index in [1.807, 2.05) is 19.1 Å². The highest BCUT2D eigenvalue weighted by atomic mass is 31.2. The molecule has 0 aliphatic heterocycles. The number of aliphatic hydroxyl groups excluding tert-OH is 1. The number of benzene rings is 1. The van der Waals surface area contributed by atoms with Gasteiger partial charge >= 0.3 is 7.60 Å². The zero-order valence-electron chi connectivity index (χ0n) is 9.71. The Kier molecular flexibility index (Phi) is 4.69. The summed E-state index contributed by atoms with van der Waals surface area (Å²) in [5.74, 6) is 0. The Hall–Kier alpha value is -0.670. The van der Waals surface area contributed by atoms with Crippen LogP contribution in [0.4, 0.5) is 0 Å². The van der Waals surface area contributed by atoms with Crippen LogP contribution in [0, 0.1) is 6.92 Å². The Balaban J connectivity index is 2.75. The number of rotatable bonds is 5. The average Bonchev–Trinajstić information content (AvgIpc) is 2.29. The molecule has 1 atom stereocenters. The standard InChI is InChI=1S/C11H17O4P/c1-9-4-6-10(7-5-9)11(12)8-16(13,14-2)15-3/h4-7,11-12H,8H2,1-3H3/t11-/m0/s1. The molecular formula is C11H17O4P. The fourth-order valence-electron chi connectivity index (χ4n) is 1.33. The molecule has 16 heavy (non-hydrogen) atoms. The van der Waals surface area contributed by atoms with Gasteiger partial charge < -0.3 is 14.2 Å². The molecule has 5 heteroatoms. The number of aliphatic hydroxyl groups is 1. The largest absolute Gasteiger partial charge is 0.388 e. The number of aryl methyl sites for hydroxylation is 1. The van der Waals surface area contributed by atoms with Crippen molar-refractivity contribution in [2.75, 3.05) is 20.4 Å². The predicted octanol–water partition coefficient (Wildman–Crippen LogP) is 2.51. The molecule has 0 saturated carbocycles. The minimum atomic E-state index is -3.16. The second-order valence-electron chi connectivity index (χ2n) is 3.59. The summed E-state index contributed by atoms with van der Waals surface area (Å²) in [6, 6.07) is 7.39. The summed E-state index contributed by atoms with van der Waals surface area (Å²) in [6.45, 7) is 1.96. The van der Waals surface area contributed by atoms with Gasteiger partial charge in [-0.1, -0.05) is 29.8 Å². The Morgan fingerprint density at radius 3 is 2.19 bits per heavy atom. The molecule has 0 unspecified atom stereocenters. The van der Waals surface area contributed by atoms with E-state index in [9.17, 15) is 9.67 Å². The second kappa shape index (κ2) is 5.60. The molecule has 0 bridgehead atoms. The quantitative estimate of drug-likeness (QED) is 0.808. The molecule has 0 radical (unpaired) electrons. The third-order valence-corrected chi connectivity index (χ3v) is 4.32. The maximum Gasteiger partial charge on any atom is 0.333 e. The third kappa shape index (κ3) is 3.42. The molecular weight excluding hydrogens is 227 g/mol. The van der Waals surface area contributed by atoms with E-state index in [1.165, 1.54) is 14.2 Å². The Morgan fingerprint density at radius 2 is 1.75 bits per heavy atom. The van der Waals surface area contributed by atoms with Crippen molar-refractivity contribution in [1.82, 2.24) is 0 Å². The fraction of sp³-hybridized carbons (Fsp3) is 0.455. The topological polar surface area (TPSA) is 55.8 Å². The van der Waals surface area contributed by atoms with Gasteiger partial charge in [-0.3, -0.25) is 4.57 Å². The lowest BCUT2D eigenvalue weighted by Gasteiger charge is -2.17. The lowest BCUT2D eigenvalue weighted by molar-refractivity contribution is 0.184. The number of hydrogen-bond acceptors (Lipinski definition) is 4. The second-order valence-corrected chi connectivity index (χ2v) is 5.90. The monoisotopic (exact) mass is 244 g/mol. The first-order valence-corrected chi connectivity index (χ1v) is 6.68. The van der Waals surface area contributed by atoms with Gasteiger partial charge in [0.1, 0.15) is 0 Å². The Labute approximate surface area is 95.7 Å². The van der Waals surface area contributed by atoms with Crippen LogP contribution in [0.25, 0.3) is 0 Å². The SMILES string of the molecule is COP(=O)(C[C@H](O)c1ccc(C)cc1)OC. The highest BCUT2D eigenvalue weighted by Crippen LogP contribution is 2.49. The van der Waals surface area contributed by atoms with Gasteiger partial charge in [0.2, 0.25) is 0 Å². The van der Waals surface area contributed by atoms with E-state index < -0.39 is 13.7 Å². The van der Waals surface area contributed by atoms with E-state index in [1.54, 1.807) is 12.1 Å². The normalized spacial score (nSPS) is 13.8. The van der Waals surface area contributed by atoms with Crippen LogP contribution < -0.4 is 0 Å². The summed E-state index contributed by atoms with van der Waals surface area (Å²) >= 11 is 0. The number of hydrogen-bond donors (Lipinski definition) is 1. The van der Waals surface area contributed by atoms with Gasteiger partial charge in [-0.2, -0.15) is 0 Å². The zero-order chi connectivity index (χ0) is 12.2. The average molecular weight is 244 g/mol. The van der Waals surface area contributed by atoms with Crippen molar-refractivity contribution in [3.05, 3.63) is 35.4 Å². The van der Waals surface area contributed by atoms with Crippen LogP contribution in [-0.4, -0.2) is 25.5 Å². The fourth-order valence-corrected chi connectivity index (χ4v) is 2.41. The third-order valence-electron chi connectivity index (χ3n) is 2.42. The van der Waals surface area contributed by atoms with Crippen LogP contribution in [0.5, 0.6) is 0 Å². The molecule has 1 aromatic rings. The van der Waals surface area contributed by atoms with E-state index in [0.717, 1.165) is 5.56 Å². The Morgan fingerprint density at radius 1 is 1.25 bits per heavy atom. The summed E-state index contributed by atoms with van der Waals surface area (Å²) in [5.41, 5.74) is 1.82. The zero-order valence-corrected chi connectivity index (χ0v) is 10.6. The highest BCUT2D eigenvalue weighted by molar-refractivity contribution is 7.53. The van der Waals surface area contributed by atoms with Gasteiger partial charge in [0.15, 0.2) is 0 Å². The molecule has 0 aromatic heterocycles. The summed E-state index contributed by atoms with van der Waals surface area (Å²) in [6.07, 6.45) is -0.880. The lowest BCUT2D eigenvalue weighted by Crippen LogP contribution is -2.06. The van der Waals surface area contributed by atoms with Crippen LogP contribution in [0.1, 0.15) is 17.2 Å². The van der Waals surface area contributed by atoms with Crippen molar-refractivity contribution in [3.8, 4) is 0 Å². The summed E-state index contributed by atoms with van der Waals surface area (Å²) in [5, 5.41) is 9.88. The first kappa shape index (κ1) is 13.4. The molecule has 1 aromatic carbocycles. The van der Waals surface area contributed by atoms with Gasteiger partial charge in [-0.25, -0.2) is 0 Å². The first-order chi connectivity index (χ1) is 7.50. The van der Waals surface area contributed by atoms with Crippen LogP contribution in [0.2, 0.25) is 0 Å². The van der Waals surface area contributed by atoms with Crippen molar-refractivity contribution in [2.24, 2.45) is 0 Å². The minimum Gasteiger partial charge on any atom is -0.388 e. The molecule has 0 heterocycles.